The first kappa shape index (κ1) is 14.2. The molecular formula is C16H20ClN3O2. The average molecular weight is 322 g/mol. The van der Waals surface area contributed by atoms with Gasteiger partial charge in [0.2, 0.25) is 0 Å². The number of amides is 1. The zero-order valence-corrected chi connectivity index (χ0v) is 13.3. The molecule has 6 heteroatoms. The van der Waals surface area contributed by atoms with Gasteiger partial charge in [0.15, 0.2) is 0 Å². The van der Waals surface area contributed by atoms with Crippen LogP contribution < -0.4 is 15.8 Å². The van der Waals surface area contributed by atoms with Crippen LogP contribution >= 0.6 is 11.6 Å². The fraction of sp³-hybridized carbons (Fsp3) is 0.562. The maximum absolute atomic E-state index is 12.7. The van der Waals surface area contributed by atoms with Gasteiger partial charge in [-0.25, -0.2) is 0 Å². The Hall–Kier alpha value is -1.46. The number of nitrogens with one attached hydrogen (secondary N) is 1. The summed E-state index contributed by atoms with van der Waals surface area (Å²) in [5, 5.41) is 3.61. The van der Waals surface area contributed by atoms with Crippen LogP contribution in [0.3, 0.4) is 0 Å². The Morgan fingerprint density at radius 3 is 2.86 bits per heavy atom. The second-order valence-electron chi connectivity index (χ2n) is 6.71. The van der Waals surface area contributed by atoms with E-state index in [0.717, 1.165) is 19.0 Å². The minimum absolute atomic E-state index is 0.116. The maximum Gasteiger partial charge on any atom is 0.255 e. The number of carbonyl (C=O) groups excluding carboxylic acids is 1. The van der Waals surface area contributed by atoms with Crippen molar-refractivity contribution in [2.45, 2.75) is 12.5 Å². The number of halogens is 1. The Bertz CT molecular complexity index is 632. The molecular weight excluding hydrogens is 302 g/mol. The molecule has 4 aliphatic rings. The van der Waals surface area contributed by atoms with Gasteiger partial charge in [-0.2, -0.15) is 0 Å². The van der Waals surface area contributed by atoms with Crippen molar-refractivity contribution in [2.75, 3.05) is 32.5 Å². The number of rotatable bonds is 3. The molecule has 1 amide bonds. The summed E-state index contributed by atoms with van der Waals surface area (Å²) in [5.74, 6) is 2.28. The molecule has 0 aromatic heterocycles. The summed E-state index contributed by atoms with van der Waals surface area (Å²) in [6.07, 6.45) is 1.24. The Labute approximate surface area is 134 Å². The lowest BCUT2D eigenvalue weighted by Gasteiger charge is -2.35. The highest BCUT2D eigenvalue weighted by molar-refractivity contribution is 6.33. The van der Waals surface area contributed by atoms with Crippen molar-refractivity contribution < 1.29 is 9.53 Å². The van der Waals surface area contributed by atoms with Crippen LogP contribution in [0.25, 0.3) is 0 Å². The average Bonchev–Trinajstić information content (AvgIpc) is 2.91. The van der Waals surface area contributed by atoms with Crippen LogP contribution in [0.5, 0.6) is 5.75 Å². The highest BCUT2D eigenvalue weighted by Crippen LogP contribution is 2.47. The molecule has 4 bridgehead atoms. The Kier molecular flexibility index (Phi) is 3.24. The molecule has 0 radical (unpaired) electrons. The zero-order chi connectivity index (χ0) is 15.4. The maximum atomic E-state index is 12.7. The number of benzene rings is 1. The number of carbonyl (C=O) groups is 1. The van der Waals surface area contributed by atoms with Crippen molar-refractivity contribution in [2.24, 2.45) is 17.8 Å². The smallest absolute Gasteiger partial charge is 0.255 e. The predicted molar refractivity (Wildman–Crippen MR) is 85.2 cm³/mol. The first-order chi connectivity index (χ1) is 10.6. The molecule has 3 heterocycles. The van der Waals surface area contributed by atoms with Gasteiger partial charge in [0.1, 0.15) is 5.75 Å². The lowest BCUT2D eigenvalue weighted by Crippen LogP contribution is -2.50. The molecule has 1 saturated carbocycles. The Morgan fingerprint density at radius 2 is 2.14 bits per heavy atom. The van der Waals surface area contributed by atoms with Crippen LogP contribution in [-0.2, 0) is 0 Å². The summed E-state index contributed by atoms with van der Waals surface area (Å²) < 4.78 is 5.28. The molecule has 5 rings (SSSR count). The molecule has 1 unspecified atom stereocenters. The largest absolute Gasteiger partial charge is 0.496 e. The van der Waals surface area contributed by atoms with Crippen LogP contribution in [0, 0.1) is 17.8 Å². The number of methoxy groups -OCH3 is 1. The summed E-state index contributed by atoms with van der Waals surface area (Å²) >= 11 is 6.06. The van der Waals surface area contributed by atoms with Crippen molar-refractivity contribution in [3.05, 3.63) is 22.7 Å². The van der Waals surface area contributed by atoms with Gasteiger partial charge in [-0.15, -0.1) is 0 Å². The van der Waals surface area contributed by atoms with Crippen LogP contribution in [0.2, 0.25) is 5.02 Å². The highest BCUT2D eigenvalue weighted by atomic mass is 35.5. The highest BCUT2D eigenvalue weighted by Gasteiger charge is 2.53. The van der Waals surface area contributed by atoms with Gasteiger partial charge >= 0.3 is 0 Å². The third-order valence-electron chi connectivity index (χ3n) is 5.50. The van der Waals surface area contributed by atoms with Crippen LogP contribution in [0.1, 0.15) is 16.8 Å². The van der Waals surface area contributed by atoms with Crippen LogP contribution in [-0.4, -0.2) is 43.6 Å². The van der Waals surface area contributed by atoms with Gasteiger partial charge in [0.25, 0.3) is 5.91 Å². The first-order valence-electron chi connectivity index (χ1n) is 7.73. The summed E-state index contributed by atoms with van der Waals surface area (Å²) in [4.78, 5) is 15.2. The number of nitrogen functional groups attached to an aromatic ring is 1. The minimum Gasteiger partial charge on any atom is -0.496 e. The van der Waals surface area contributed by atoms with E-state index in [1.54, 1.807) is 12.1 Å². The van der Waals surface area contributed by atoms with E-state index in [-0.39, 0.29) is 11.9 Å². The minimum atomic E-state index is -0.116. The number of hydrogen-bond acceptors (Lipinski definition) is 4. The monoisotopic (exact) mass is 321 g/mol. The van der Waals surface area contributed by atoms with E-state index in [1.165, 1.54) is 20.1 Å². The molecule has 5 nitrogen and oxygen atoms in total. The molecule has 4 fully saturated rings. The molecule has 1 aromatic carbocycles. The van der Waals surface area contributed by atoms with Gasteiger partial charge in [0, 0.05) is 31.7 Å². The van der Waals surface area contributed by atoms with Gasteiger partial charge in [-0.1, -0.05) is 11.6 Å². The number of ether oxygens (including phenoxy) is 1. The molecule has 22 heavy (non-hydrogen) atoms. The summed E-state index contributed by atoms with van der Waals surface area (Å²) in [5.41, 5.74) is 6.65. The van der Waals surface area contributed by atoms with Crippen molar-refractivity contribution in [3.8, 4) is 5.75 Å². The number of piperidine rings is 2. The standard InChI is InChI=1S/C16H20ClN3O2/c1-22-14-4-13(18)12(17)3-10(14)16(21)19-15-9-2-8-5-20(6-9)7-11(8)15/h3-4,8-9,11,15H,2,5-7,18H2,1H3,(H,19,21)/t8-,9+,11+,15+/m0/s1. The molecule has 0 spiro atoms. The van der Waals surface area contributed by atoms with E-state index in [2.05, 4.69) is 10.2 Å². The van der Waals surface area contributed by atoms with Gasteiger partial charge in [-0.05, 0) is 30.2 Å². The van der Waals surface area contributed by atoms with E-state index in [4.69, 9.17) is 22.1 Å². The van der Waals surface area contributed by atoms with Crippen molar-refractivity contribution in [1.82, 2.24) is 10.2 Å². The van der Waals surface area contributed by atoms with Crippen molar-refractivity contribution in [3.63, 3.8) is 0 Å². The number of anilines is 1. The second kappa shape index (κ2) is 5.03. The fourth-order valence-corrected chi connectivity index (χ4v) is 4.73. The van der Waals surface area contributed by atoms with E-state index < -0.39 is 0 Å². The third kappa shape index (κ3) is 2.07. The summed E-state index contributed by atoms with van der Waals surface area (Å²) in [6, 6.07) is 3.48. The fourth-order valence-electron chi connectivity index (χ4n) is 4.57. The Balaban J connectivity index is 1.57. The van der Waals surface area contributed by atoms with E-state index in [9.17, 15) is 4.79 Å². The topological polar surface area (TPSA) is 67.6 Å². The van der Waals surface area contributed by atoms with Crippen LogP contribution in [0.4, 0.5) is 5.69 Å². The lowest BCUT2D eigenvalue weighted by atomic mass is 9.93. The second-order valence-corrected chi connectivity index (χ2v) is 7.12. The molecule has 1 aromatic rings. The summed E-state index contributed by atoms with van der Waals surface area (Å²) in [6.45, 7) is 3.42. The van der Waals surface area contributed by atoms with Gasteiger partial charge in [-0.3, -0.25) is 4.79 Å². The normalized spacial score (nSPS) is 34.9. The molecule has 3 N–H and O–H groups in total. The van der Waals surface area contributed by atoms with Crippen molar-refractivity contribution in [1.29, 1.82) is 0 Å². The van der Waals surface area contributed by atoms with E-state index in [1.807, 2.05) is 0 Å². The van der Waals surface area contributed by atoms with E-state index in [0.29, 0.717) is 33.9 Å². The molecule has 118 valence electrons. The number of hydrogen-bond donors (Lipinski definition) is 2. The number of nitrogens with zero attached hydrogens (tertiary/aromatic N) is 1. The molecule has 1 aliphatic carbocycles. The molecule has 3 aliphatic heterocycles. The third-order valence-corrected chi connectivity index (χ3v) is 5.82. The van der Waals surface area contributed by atoms with E-state index >= 15 is 0 Å². The quantitative estimate of drug-likeness (QED) is 0.830. The zero-order valence-electron chi connectivity index (χ0n) is 12.5. The Morgan fingerprint density at radius 1 is 1.36 bits per heavy atom. The SMILES string of the molecule is COc1cc(N)c(Cl)cc1C(=O)N[C@@H]1[C@@H]2C[C@H]3CN(C2)C[C@H]31. The van der Waals surface area contributed by atoms with Crippen molar-refractivity contribution >= 4 is 23.2 Å². The molecule has 5 atom stereocenters. The van der Waals surface area contributed by atoms with Gasteiger partial charge in [0.05, 0.1) is 23.4 Å². The summed E-state index contributed by atoms with van der Waals surface area (Å²) in [7, 11) is 1.53. The number of nitrogens with two attached hydrogens (primary N) is 1. The van der Waals surface area contributed by atoms with Gasteiger partial charge < -0.3 is 20.7 Å². The molecule has 3 saturated heterocycles. The van der Waals surface area contributed by atoms with Crippen LogP contribution in [0.15, 0.2) is 12.1 Å². The lowest BCUT2D eigenvalue weighted by molar-refractivity contribution is 0.0875. The first-order valence-corrected chi connectivity index (χ1v) is 8.11. The predicted octanol–water partition coefficient (Wildman–Crippen LogP) is 1.61.